The smallest absolute Gasteiger partial charge is 0.303 e. The molecule has 0 amide bonds. The minimum absolute atomic E-state index is 0.0717. The van der Waals surface area contributed by atoms with Gasteiger partial charge in [-0.1, -0.05) is 18.2 Å². The average Bonchev–Trinajstić information content (AvgIpc) is 2.16. The van der Waals surface area contributed by atoms with Gasteiger partial charge in [-0.15, -0.1) is 0 Å². The molecule has 0 saturated heterocycles. The van der Waals surface area contributed by atoms with Crippen LogP contribution in [0.1, 0.15) is 5.56 Å². The quantitative estimate of drug-likeness (QED) is 0.460. The van der Waals surface area contributed by atoms with Crippen LogP contribution in [-0.4, -0.2) is 21.3 Å². The predicted octanol–water partition coefficient (Wildman–Crippen LogP) is 1.25. The van der Waals surface area contributed by atoms with E-state index in [4.69, 9.17) is 9.79 Å². The molecule has 16 heavy (non-hydrogen) atoms. The molecule has 1 aromatic rings. The third kappa shape index (κ3) is 4.08. The highest BCUT2D eigenvalue weighted by Crippen LogP contribution is 2.35. The molecule has 1 aromatic carbocycles. The van der Waals surface area contributed by atoms with Crippen LogP contribution in [0.3, 0.4) is 0 Å². The fourth-order valence-electron chi connectivity index (χ4n) is 1.17. The summed E-state index contributed by atoms with van der Waals surface area (Å²) in [7, 11) is -4.51. The molecule has 0 spiro atoms. The fourth-order valence-corrected chi connectivity index (χ4v) is 1.50. The number of hydrogen-bond acceptors (Lipinski definition) is 4. The van der Waals surface area contributed by atoms with E-state index in [0.29, 0.717) is 5.56 Å². The molecule has 8 heteroatoms. The van der Waals surface area contributed by atoms with Gasteiger partial charge in [0, 0.05) is 18.1 Å². The van der Waals surface area contributed by atoms with Crippen LogP contribution in [0.2, 0.25) is 0 Å². The van der Waals surface area contributed by atoms with Crippen LogP contribution in [0.15, 0.2) is 24.3 Å². The standard InChI is InChI=1S/C8H10NO6P/c10-9(11)8-4-2-1-3-7(8)5-6-15-16(12,13)14/h1-4H,5-6H2,(H2,12,13,14). The number of para-hydroxylation sites is 1. The van der Waals surface area contributed by atoms with Crippen LogP contribution in [0.4, 0.5) is 5.69 Å². The molecule has 0 aliphatic heterocycles. The van der Waals surface area contributed by atoms with Gasteiger partial charge in [-0.2, -0.15) is 0 Å². The van der Waals surface area contributed by atoms with E-state index >= 15 is 0 Å². The first kappa shape index (κ1) is 12.8. The molecular formula is C8H10NO6P. The summed E-state index contributed by atoms with van der Waals surface area (Å²) in [6.07, 6.45) is 0.0717. The number of phosphoric ester groups is 1. The van der Waals surface area contributed by atoms with Crippen LogP contribution in [0.5, 0.6) is 0 Å². The summed E-state index contributed by atoms with van der Waals surface area (Å²) in [6.45, 7) is -0.269. The molecule has 0 aliphatic rings. The minimum atomic E-state index is -4.51. The Labute approximate surface area is 91.1 Å². The maximum atomic E-state index is 10.6. The lowest BCUT2D eigenvalue weighted by Crippen LogP contribution is -2.00. The molecule has 0 atom stereocenters. The average molecular weight is 247 g/mol. The zero-order chi connectivity index (χ0) is 12.2. The van der Waals surface area contributed by atoms with Crippen molar-refractivity contribution in [1.82, 2.24) is 0 Å². The molecule has 0 saturated carbocycles. The second-order valence-corrected chi connectivity index (χ2v) is 4.20. The summed E-state index contributed by atoms with van der Waals surface area (Å²) in [5, 5.41) is 10.6. The highest BCUT2D eigenvalue weighted by Gasteiger charge is 2.16. The normalized spacial score (nSPS) is 11.4. The number of hydrogen-bond donors (Lipinski definition) is 2. The fraction of sp³-hybridized carbons (Fsp3) is 0.250. The van der Waals surface area contributed by atoms with Crippen molar-refractivity contribution < 1.29 is 23.8 Å². The van der Waals surface area contributed by atoms with Gasteiger partial charge in [-0.25, -0.2) is 4.57 Å². The van der Waals surface area contributed by atoms with Crippen molar-refractivity contribution in [1.29, 1.82) is 0 Å². The Morgan fingerprint density at radius 3 is 2.56 bits per heavy atom. The number of rotatable bonds is 5. The Kier molecular flexibility index (Phi) is 4.14. The minimum Gasteiger partial charge on any atom is -0.303 e. The van der Waals surface area contributed by atoms with E-state index in [-0.39, 0.29) is 18.7 Å². The van der Waals surface area contributed by atoms with Crippen LogP contribution in [-0.2, 0) is 15.5 Å². The second kappa shape index (κ2) is 5.18. The van der Waals surface area contributed by atoms with Crippen molar-refractivity contribution in [2.24, 2.45) is 0 Å². The van der Waals surface area contributed by atoms with Crippen LogP contribution >= 0.6 is 7.82 Å². The molecule has 1 rings (SSSR count). The molecule has 0 bridgehead atoms. The Morgan fingerprint density at radius 1 is 1.38 bits per heavy atom. The van der Waals surface area contributed by atoms with E-state index in [1.54, 1.807) is 6.07 Å². The molecule has 0 aromatic heterocycles. The molecule has 0 radical (unpaired) electrons. The van der Waals surface area contributed by atoms with Crippen molar-refractivity contribution in [3.8, 4) is 0 Å². The lowest BCUT2D eigenvalue weighted by molar-refractivity contribution is -0.385. The van der Waals surface area contributed by atoms with Crippen molar-refractivity contribution in [2.75, 3.05) is 6.61 Å². The van der Waals surface area contributed by atoms with Gasteiger partial charge in [0.05, 0.1) is 11.5 Å². The van der Waals surface area contributed by atoms with Gasteiger partial charge in [-0.3, -0.25) is 14.6 Å². The third-order valence-electron chi connectivity index (χ3n) is 1.82. The molecular weight excluding hydrogens is 237 g/mol. The Balaban J connectivity index is 2.67. The molecule has 0 aliphatic carbocycles. The zero-order valence-corrected chi connectivity index (χ0v) is 9.04. The van der Waals surface area contributed by atoms with Gasteiger partial charge in [0.1, 0.15) is 0 Å². The van der Waals surface area contributed by atoms with E-state index in [1.807, 2.05) is 0 Å². The SMILES string of the molecule is O=[N+]([O-])c1ccccc1CCOP(=O)(O)O. The summed E-state index contributed by atoms with van der Waals surface area (Å²) in [5.41, 5.74) is 0.290. The van der Waals surface area contributed by atoms with Crippen molar-refractivity contribution in [2.45, 2.75) is 6.42 Å². The summed E-state index contributed by atoms with van der Waals surface area (Å²) in [5.74, 6) is 0. The lowest BCUT2D eigenvalue weighted by Gasteiger charge is -2.05. The molecule has 0 heterocycles. The number of phosphoric acid groups is 1. The van der Waals surface area contributed by atoms with E-state index in [2.05, 4.69) is 4.52 Å². The van der Waals surface area contributed by atoms with Gasteiger partial charge in [0.2, 0.25) is 0 Å². The second-order valence-electron chi connectivity index (χ2n) is 2.96. The maximum absolute atomic E-state index is 10.6. The summed E-state index contributed by atoms with van der Waals surface area (Å²) in [4.78, 5) is 26.9. The van der Waals surface area contributed by atoms with Crippen LogP contribution < -0.4 is 0 Å². The van der Waals surface area contributed by atoms with E-state index < -0.39 is 12.7 Å². The van der Waals surface area contributed by atoms with Crippen molar-refractivity contribution in [3.05, 3.63) is 39.9 Å². The molecule has 2 N–H and O–H groups in total. The first-order valence-electron chi connectivity index (χ1n) is 4.32. The first-order chi connectivity index (χ1) is 7.40. The van der Waals surface area contributed by atoms with Gasteiger partial charge in [0.25, 0.3) is 5.69 Å². The summed E-state index contributed by atoms with van der Waals surface area (Å²) >= 11 is 0. The zero-order valence-electron chi connectivity index (χ0n) is 8.15. The summed E-state index contributed by atoms with van der Waals surface area (Å²) < 4.78 is 14.6. The van der Waals surface area contributed by atoms with Gasteiger partial charge < -0.3 is 9.79 Å². The Bertz CT molecular complexity index is 428. The largest absolute Gasteiger partial charge is 0.469 e. The van der Waals surface area contributed by atoms with Gasteiger partial charge in [-0.05, 0) is 0 Å². The van der Waals surface area contributed by atoms with E-state index in [1.165, 1.54) is 18.2 Å². The van der Waals surface area contributed by atoms with E-state index in [0.717, 1.165) is 0 Å². The van der Waals surface area contributed by atoms with Crippen molar-refractivity contribution in [3.63, 3.8) is 0 Å². The van der Waals surface area contributed by atoms with Gasteiger partial charge >= 0.3 is 7.82 Å². The molecule has 88 valence electrons. The first-order valence-corrected chi connectivity index (χ1v) is 5.85. The highest BCUT2D eigenvalue weighted by atomic mass is 31.2. The third-order valence-corrected chi connectivity index (χ3v) is 2.34. The Morgan fingerprint density at radius 2 is 2.00 bits per heavy atom. The van der Waals surface area contributed by atoms with Crippen LogP contribution in [0.25, 0.3) is 0 Å². The lowest BCUT2D eigenvalue weighted by atomic mass is 10.1. The van der Waals surface area contributed by atoms with Gasteiger partial charge in [0.15, 0.2) is 0 Å². The van der Waals surface area contributed by atoms with E-state index in [9.17, 15) is 14.7 Å². The number of benzene rings is 1. The number of nitrogens with zero attached hydrogens (tertiary/aromatic N) is 1. The number of nitro benzene ring substituents is 1. The monoisotopic (exact) mass is 247 g/mol. The predicted molar refractivity (Wildman–Crippen MR) is 54.8 cm³/mol. The topological polar surface area (TPSA) is 110 Å². The van der Waals surface area contributed by atoms with Crippen LogP contribution in [0, 0.1) is 10.1 Å². The highest BCUT2D eigenvalue weighted by molar-refractivity contribution is 7.46. The number of nitro groups is 1. The van der Waals surface area contributed by atoms with Crippen molar-refractivity contribution >= 4 is 13.5 Å². The molecule has 7 nitrogen and oxygen atoms in total. The maximum Gasteiger partial charge on any atom is 0.469 e. The Hall–Kier alpha value is -1.27. The summed E-state index contributed by atoms with van der Waals surface area (Å²) in [6, 6.07) is 5.97. The molecule has 0 unspecified atom stereocenters. The molecule has 0 fully saturated rings.